The van der Waals surface area contributed by atoms with Crippen LogP contribution in [-0.2, 0) is 14.3 Å². The smallest absolute Gasteiger partial charge is 0.408 e. The lowest BCUT2D eigenvalue weighted by Gasteiger charge is -2.43. The summed E-state index contributed by atoms with van der Waals surface area (Å²) in [5, 5.41) is 5.74. The molecule has 0 aliphatic heterocycles. The first kappa shape index (κ1) is 31.2. The monoisotopic (exact) mass is 541 g/mol. The number of para-hydroxylation sites is 1. The standard InChI is InChI=1S/C30H43N3O4S/c1-18-14-19(2)16-22(15-18)25(26(34)32-24-20(3)12-11-13-21(24)4)33(29(5,6)7)27(35)23(17-38)31-28(36)37-30(8,9)10/h11-16,23,25,38H,17H2,1-10H3,(H,31,36)(H,32,34). The molecule has 2 atom stereocenters. The summed E-state index contributed by atoms with van der Waals surface area (Å²) < 4.78 is 5.38. The molecular formula is C30H43N3O4S. The minimum atomic E-state index is -1.01. The number of nitrogens with one attached hydrogen (secondary N) is 2. The Morgan fingerprint density at radius 1 is 0.921 bits per heavy atom. The number of thiol groups is 1. The SMILES string of the molecule is Cc1cc(C)cc(C(C(=O)Nc2c(C)cccc2C)N(C(=O)C(CS)NC(=O)OC(C)(C)C)C(C)(C)C)c1. The van der Waals surface area contributed by atoms with E-state index in [4.69, 9.17) is 4.74 Å². The van der Waals surface area contributed by atoms with Crippen molar-refractivity contribution in [2.45, 2.75) is 92.5 Å². The lowest BCUT2D eigenvalue weighted by molar-refractivity contribution is -0.146. The van der Waals surface area contributed by atoms with Gasteiger partial charge in [-0.05, 0) is 85.9 Å². The van der Waals surface area contributed by atoms with Gasteiger partial charge in [-0.1, -0.05) is 47.5 Å². The van der Waals surface area contributed by atoms with Crippen molar-refractivity contribution in [3.05, 3.63) is 64.2 Å². The fourth-order valence-corrected chi connectivity index (χ4v) is 4.68. The minimum Gasteiger partial charge on any atom is -0.444 e. The Morgan fingerprint density at radius 2 is 1.45 bits per heavy atom. The molecule has 0 saturated heterocycles. The Hall–Kier alpha value is -3.00. The van der Waals surface area contributed by atoms with E-state index in [0.717, 1.165) is 22.3 Å². The average Bonchev–Trinajstić information content (AvgIpc) is 2.75. The van der Waals surface area contributed by atoms with Gasteiger partial charge >= 0.3 is 6.09 Å². The molecule has 0 bridgehead atoms. The number of rotatable bonds is 7. The van der Waals surface area contributed by atoms with Crippen LogP contribution in [0.15, 0.2) is 36.4 Å². The molecule has 2 unspecified atom stereocenters. The third kappa shape index (κ3) is 8.25. The van der Waals surface area contributed by atoms with Crippen molar-refractivity contribution in [2.24, 2.45) is 0 Å². The second kappa shape index (κ2) is 12.2. The van der Waals surface area contributed by atoms with Crippen molar-refractivity contribution in [2.75, 3.05) is 11.1 Å². The van der Waals surface area contributed by atoms with Gasteiger partial charge in [-0.2, -0.15) is 12.6 Å². The van der Waals surface area contributed by atoms with E-state index in [1.165, 1.54) is 0 Å². The molecule has 8 heteroatoms. The zero-order valence-corrected chi connectivity index (χ0v) is 25.2. The lowest BCUT2D eigenvalue weighted by atomic mass is 9.93. The van der Waals surface area contributed by atoms with Crippen molar-refractivity contribution >= 4 is 36.2 Å². The maximum atomic E-state index is 14.1. The molecule has 0 saturated carbocycles. The van der Waals surface area contributed by atoms with Crippen LogP contribution in [0, 0.1) is 27.7 Å². The third-order valence-corrected chi connectivity index (χ3v) is 6.29. The molecule has 2 N–H and O–H groups in total. The fourth-order valence-electron chi connectivity index (χ4n) is 4.44. The molecule has 208 valence electrons. The lowest BCUT2D eigenvalue weighted by Crippen LogP contribution is -2.58. The largest absolute Gasteiger partial charge is 0.444 e. The first-order chi connectivity index (χ1) is 17.4. The number of alkyl carbamates (subject to hydrolysis) is 1. The summed E-state index contributed by atoms with van der Waals surface area (Å²) in [4.78, 5) is 42.4. The van der Waals surface area contributed by atoms with Gasteiger partial charge in [-0.3, -0.25) is 9.59 Å². The van der Waals surface area contributed by atoms with E-state index in [2.05, 4.69) is 23.3 Å². The number of nitrogens with zero attached hydrogens (tertiary/aromatic N) is 1. The van der Waals surface area contributed by atoms with Crippen LogP contribution in [0.3, 0.4) is 0 Å². The van der Waals surface area contributed by atoms with Crippen LogP contribution in [-0.4, -0.2) is 45.7 Å². The molecule has 38 heavy (non-hydrogen) atoms. The second-order valence-corrected chi connectivity index (χ2v) is 12.2. The van der Waals surface area contributed by atoms with Gasteiger partial charge in [0.2, 0.25) is 5.91 Å². The van der Waals surface area contributed by atoms with Gasteiger partial charge in [0.25, 0.3) is 5.91 Å². The molecule has 2 aromatic carbocycles. The van der Waals surface area contributed by atoms with E-state index in [1.807, 2.05) is 84.9 Å². The Kier molecular flexibility index (Phi) is 10.1. The molecule has 0 aliphatic carbocycles. The van der Waals surface area contributed by atoms with E-state index in [-0.39, 0.29) is 11.7 Å². The summed E-state index contributed by atoms with van der Waals surface area (Å²) in [6.45, 7) is 18.6. The summed E-state index contributed by atoms with van der Waals surface area (Å²) in [6.07, 6.45) is -0.721. The fraction of sp³-hybridized carbons (Fsp3) is 0.500. The van der Waals surface area contributed by atoms with Crippen molar-refractivity contribution < 1.29 is 19.1 Å². The van der Waals surface area contributed by atoms with Crippen LogP contribution in [0.25, 0.3) is 0 Å². The molecule has 0 fully saturated rings. The first-order valence-electron chi connectivity index (χ1n) is 12.8. The van der Waals surface area contributed by atoms with Gasteiger partial charge in [0.15, 0.2) is 0 Å². The van der Waals surface area contributed by atoms with Crippen LogP contribution in [0.1, 0.15) is 75.4 Å². The van der Waals surface area contributed by atoms with Crippen molar-refractivity contribution in [1.82, 2.24) is 10.2 Å². The first-order valence-corrected chi connectivity index (χ1v) is 13.5. The van der Waals surface area contributed by atoms with Gasteiger partial charge in [-0.25, -0.2) is 4.79 Å². The number of amides is 3. The number of hydrogen-bond donors (Lipinski definition) is 3. The molecule has 0 aliphatic rings. The predicted molar refractivity (Wildman–Crippen MR) is 157 cm³/mol. The highest BCUT2D eigenvalue weighted by molar-refractivity contribution is 7.80. The summed E-state index contributed by atoms with van der Waals surface area (Å²) in [5.41, 5.74) is 3.68. The molecule has 3 amide bonds. The highest BCUT2D eigenvalue weighted by Gasteiger charge is 2.42. The van der Waals surface area contributed by atoms with Gasteiger partial charge in [0, 0.05) is 17.0 Å². The van der Waals surface area contributed by atoms with E-state index in [1.54, 1.807) is 25.7 Å². The number of hydrogen-bond acceptors (Lipinski definition) is 5. The van der Waals surface area contributed by atoms with Crippen molar-refractivity contribution in [1.29, 1.82) is 0 Å². The molecule has 7 nitrogen and oxygen atoms in total. The van der Waals surface area contributed by atoms with E-state index >= 15 is 0 Å². The minimum absolute atomic E-state index is 0.0305. The Bertz CT molecular complexity index is 1140. The third-order valence-electron chi connectivity index (χ3n) is 5.93. The Balaban J connectivity index is 2.63. The molecule has 2 rings (SSSR count). The molecule has 0 spiro atoms. The van der Waals surface area contributed by atoms with Crippen LogP contribution in [0.5, 0.6) is 0 Å². The maximum Gasteiger partial charge on any atom is 0.408 e. The average molecular weight is 542 g/mol. The maximum absolute atomic E-state index is 14.1. The van der Waals surface area contributed by atoms with E-state index in [0.29, 0.717) is 11.3 Å². The molecule has 2 aromatic rings. The molecular weight excluding hydrogens is 498 g/mol. The van der Waals surface area contributed by atoms with Crippen molar-refractivity contribution in [3.8, 4) is 0 Å². The quantitative estimate of drug-likeness (QED) is 0.373. The van der Waals surface area contributed by atoms with Gasteiger partial charge in [0.05, 0.1) is 0 Å². The summed E-state index contributed by atoms with van der Waals surface area (Å²) in [6, 6.07) is 9.69. The molecule has 0 heterocycles. The summed E-state index contributed by atoms with van der Waals surface area (Å²) in [5.74, 6) is -0.743. The highest BCUT2D eigenvalue weighted by atomic mass is 32.1. The Labute approximate surface area is 233 Å². The van der Waals surface area contributed by atoms with E-state index in [9.17, 15) is 14.4 Å². The van der Waals surface area contributed by atoms with Crippen molar-refractivity contribution in [3.63, 3.8) is 0 Å². The number of anilines is 1. The zero-order chi connectivity index (χ0) is 29.0. The van der Waals surface area contributed by atoms with Crippen LogP contribution in [0.4, 0.5) is 10.5 Å². The number of benzene rings is 2. The number of aryl methyl sites for hydroxylation is 4. The molecule has 0 radical (unpaired) electrons. The highest BCUT2D eigenvalue weighted by Crippen LogP contribution is 2.33. The topological polar surface area (TPSA) is 87.7 Å². The zero-order valence-electron chi connectivity index (χ0n) is 24.4. The molecule has 0 aromatic heterocycles. The number of carbonyl (C=O) groups excluding carboxylic acids is 3. The number of carbonyl (C=O) groups is 3. The summed E-state index contributed by atoms with van der Waals surface area (Å²) >= 11 is 4.36. The Morgan fingerprint density at radius 3 is 1.89 bits per heavy atom. The van der Waals surface area contributed by atoms with Gasteiger partial charge in [0.1, 0.15) is 17.7 Å². The van der Waals surface area contributed by atoms with Crippen LogP contribution in [0.2, 0.25) is 0 Å². The van der Waals surface area contributed by atoms with Gasteiger partial charge < -0.3 is 20.3 Å². The van der Waals surface area contributed by atoms with Crippen LogP contribution >= 0.6 is 12.6 Å². The second-order valence-electron chi connectivity index (χ2n) is 11.8. The van der Waals surface area contributed by atoms with E-state index < -0.39 is 35.2 Å². The predicted octanol–water partition coefficient (Wildman–Crippen LogP) is 6.05. The van der Waals surface area contributed by atoms with Gasteiger partial charge in [-0.15, -0.1) is 0 Å². The normalized spacial score (nSPS) is 13.3. The number of ether oxygens (including phenoxy) is 1. The summed E-state index contributed by atoms with van der Waals surface area (Å²) in [7, 11) is 0. The van der Waals surface area contributed by atoms with Crippen LogP contribution < -0.4 is 10.6 Å².